The van der Waals surface area contributed by atoms with Crippen LogP contribution in [0.2, 0.25) is 0 Å². The minimum atomic E-state index is 0.847. The summed E-state index contributed by atoms with van der Waals surface area (Å²) in [5.74, 6) is 3.47. The van der Waals surface area contributed by atoms with Gasteiger partial charge in [0.05, 0.1) is 6.61 Å². The van der Waals surface area contributed by atoms with Crippen LogP contribution in [-0.2, 0) is 6.42 Å². The maximum Gasteiger partial charge on any atom is 0.122 e. The first-order valence-electron chi connectivity index (χ1n) is 5.16. The first-order chi connectivity index (χ1) is 7.27. The highest BCUT2D eigenvalue weighted by molar-refractivity contribution is 7.80. The van der Waals surface area contributed by atoms with E-state index in [1.54, 1.807) is 0 Å². The van der Waals surface area contributed by atoms with E-state index in [9.17, 15) is 0 Å². The van der Waals surface area contributed by atoms with Crippen molar-refractivity contribution in [3.05, 3.63) is 23.8 Å². The van der Waals surface area contributed by atoms with E-state index in [0.29, 0.717) is 0 Å². The zero-order chi connectivity index (χ0) is 11.1. The van der Waals surface area contributed by atoms with Crippen molar-refractivity contribution >= 4 is 12.6 Å². The summed E-state index contributed by atoms with van der Waals surface area (Å²) in [7, 11) is 0. The molecular weight excluding hydrogens is 204 g/mol. The van der Waals surface area contributed by atoms with Crippen molar-refractivity contribution < 1.29 is 4.74 Å². The highest BCUT2D eigenvalue weighted by atomic mass is 32.1. The number of fused-ring (bicyclic) bond motifs is 1. The molecule has 1 heterocycles. The van der Waals surface area contributed by atoms with Gasteiger partial charge in [0, 0.05) is 11.3 Å². The molecule has 0 atom stereocenters. The van der Waals surface area contributed by atoms with Crippen LogP contribution < -0.4 is 4.74 Å². The second kappa shape index (κ2) is 6.42. The molecule has 0 unspecified atom stereocenters. The van der Waals surface area contributed by atoms with Gasteiger partial charge in [-0.15, -0.1) is 25.0 Å². The minimum Gasteiger partial charge on any atom is -0.493 e. The quantitative estimate of drug-likeness (QED) is 0.521. The summed E-state index contributed by atoms with van der Waals surface area (Å²) < 4.78 is 5.44. The number of terminal acetylenes is 1. The van der Waals surface area contributed by atoms with Crippen LogP contribution in [0.4, 0.5) is 0 Å². The summed E-state index contributed by atoms with van der Waals surface area (Å²) in [4.78, 5) is 1.02. The molecular formula is C13H16OS. The van der Waals surface area contributed by atoms with Gasteiger partial charge < -0.3 is 4.74 Å². The molecule has 2 heteroatoms. The smallest absolute Gasteiger partial charge is 0.122 e. The molecule has 1 aromatic carbocycles. The second-order valence-corrected chi connectivity index (χ2v) is 3.82. The number of hydrogen-bond acceptors (Lipinski definition) is 2. The zero-order valence-electron chi connectivity index (χ0n) is 8.99. The van der Waals surface area contributed by atoms with Gasteiger partial charge in [-0.3, -0.25) is 0 Å². The lowest BCUT2D eigenvalue weighted by atomic mass is 10.1. The average Bonchev–Trinajstić information content (AvgIpc) is 2.29. The molecule has 0 saturated heterocycles. The molecule has 1 aliphatic rings. The Labute approximate surface area is 97.3 Å². The predicted molar refractivity (Wildman–Crippen MR) is 66.6 cm³/mol. The number of aryl methyl sites for hydroxylation is 1. The maximum absolute atomic E-state index is 5.44. The molecule has 0 radical (unpaired) electrons. The number of benzene rings is 1. The van der Waals surface area contributed by atoms with E-state index in [4.69, 9.17) is 11.2 Å². The maximum atomic E-state index is 5.44. The molecule has 0 bridgehead atoms. The van der Waals surface area contributed by atoms with Crippen LogP contribution in [0.15, 0.2) is 23.1 Å². The van der Waals surface area contributed by atoms with Crippen LogP contribution in [0.3, 0.4) is 0 Å². The monoisotopic (exact) mass is 220 g/mol. The van der Waals surface area contributed by atoms with Crippen molar-refractivity contribution in [2.24, 2.45) is 0 Å². The standard InChI is InChI=1S/C9H10OS.C4H6/c11-8-3-4-9-7(6-8)2-1-5-10-9;1-3-4-2/h3-4,6,11H,1-2,5H2;1H,4H2,2H3. The summed E-state index contributed by atoms with van der Waals surface area (Å²) in [5.41, 5.74) is 1.30. The van der Waals surface area contributed by atoms with E-state index >= 15 is 0 Å². The second-order valence-electron chi connectivity index (χ2n) is 3.30. The fourth-order valence-electron chi connectivity index (χ4n) is 1.35. The third-order valence-corrected chi connectivity index (χ3v) is 2.37. The Morgan fingerprint density at radius 3 is 2.93 bits per heavy atom. The van der Waals surface area contributed by atoms with Gasteiger partial charge in [-0.2, -0.15) is 0 Å². The Bertz CT molecular complexity index is 352. The molecule has 1 aliphatic heterocycles. The van der Waals surface area contributed by atoms with Crippen LogP contribution >= 0.6 is 12.6 Å². The van der Waals surface area contributed by atoms with Crippen molar-refractivity contribution in [2.45, 2.75) is 31.1 Å². The largest absolute Gasteiger partial charge is 0.493 e. The molecule has 1 aromatic rings. The summed E-state index contributed by atoms with van der Waals surface area (Å²) in [6.45, 7) is 2.80. The highest BCUT2D eigenvalue weighted by Crippen LogP contribution is 2.26. The minimum absolute atomic E-state index is 0.847. The highest BCUT2D eigenvalue weighted by Gasteiger charge is 2.08. The Morgan fingerprint density at radius 1 is 1.53 bits per heavy atom. The van der Waals surface area contributed by atoms with E-state index in [-0.39, 0.29) is 0 Å². The summed E-state index contributed by atoms with van der Waals surface area (Å²) in [6, 6.07) is 6.04. The van der Waals surface area contributed by atoms with Gasteiger partial charge in [0.15, 0.2) is 0 Å². The Hall–Kier alpha value is -1.07. The first-order valence-corrected chi connectivity index (χ1v) is 5.60. The van der Waals surface area contributed by atoms with E-state index < -0.39 is 0 Å². The number of hydrogen-bond donors (Lipinski definition) is 1. The molecule has 0 fully saturated rings. The van der Waals surface area contributed by atoms with Gasteiger partial charge >= 0.3 is 0 Å². The molecule has 0 spiro atoms. The Kier molecular flexibility index (Phi) is 5.14. The lowest BCUT2D eigenvalue weighted by molar-refractivity contribution is 0.288. The number of ether oxygens (including phenoxy) is 1. The third-order valence-electron chi connectivity index (χ3n) is 2.10. The van der Waals surface area contributed by atoms with E-state index in [1.807, 2.05) is 19.1 Å². The van der Waals surface area contributed by atoms with Crippen LogP contribution in [0.25, 0.3) is 0 Å². The summed E-state index contributed by atoms with van der Waals surface area (Å²) in [5, 5.41) is 0. The van der Waals surface area contributed by atoms with Gasteiger partial charge in [-0.1, -0.05) is 6.92 Å². The average molecular weight is 220 g/mol. The van der Waals surface area contributed by atoms with Gasteiger partial charge in [0.1, 0.15) is 5.75 Å². The molecule has 0 saturated carbocycles. The van der Waals surface area contributed by atoms with Crippen molar-refractivity contribution in [1.82, 2.24) is 0 Å². The van der Waals surface area contributed by atoms with Crippen LogP contribution in [-0.4, -0.2) is 6.61 Å². The molecule has 0 aliphatic carbocycles. The number of thiol groups is 1. The predicted octanol–water partition coefficient (Wildman–Crippen LogP) is 3.33. The molecule has 15 heavy (non-hydrogen) atoms. The molecule has 2 rings (SSSR count). The van der Waals surface area contributed by atoms with E-state index in [0.717, 1.165) is 36.5 Å². The lowest BCUT2D eigenvalue weighted by Crippen LogP contribution is -2.07. The van der Waals surface area contributed by atoms with E-state index in [2.05, 4.69) is 24.6 Å². The zero-order valence-corrected chi connectivity index (χ0v) is 9.89. The summed E-state index contributed by atoms with van der Waals surface area (Å²) in [6.07, 6.45) is 7.88. The Balaban J connectivity index is 0.000000245. The topological polar surface area (TPSA) is 9.23 Å². The van der Waals surface area contributed by atoms with Gasteiger partial charge in [-0.25, -0.2) is 0 Å². The normalized spacial score (nSPS) is 12.6. The van der Waals surface area contributed by atoms with Crippen molar-refractivity contribution in [2.75, 3.05) is 6.61 Å². The Morgan fingerprint density at radius 2 is 2.27 bits per heavy atom. The van der Waals surface area contributed by atoms with Crippen molar-refractivity contribution in [3.63, 3.8) is 0 Å². The third kappa shape index (κ3) is 3.89. The van der Waals surface area contributed by atoms with E-state index in [1.165, 1.54) is 5.56 Å². The molecule has 80 valence electrons. The lowest BCUT2D eigenvalue weighted by Gasteiger charge is -2.16. The van der Waals surface area contributed by atoms with Gasteiger partial charge in [0.2, 0.25) is 0 Å². The number of rotatable bonds is 0. The molecule has 0 N–H and O–H groups in total. The molecule has 1 nitrogen and oxygen atoms in total. The van der Waals surface area contributed by atoms with Crippen LogP contribution in [0.1, 0.15) is 25.3 Å². The van der Waals surface area contributed by atoms with Crippen molar-refractivity contribution in [3.8, 4) is 18.1 Å². The fourth-order valence-corrected chi connectivity index (χ4v) is 1.58. The van der Waals surface area contributed by atoms with Gasteiger partial charge in [-0.05, 0) is 36.6 Å². The fraction of sp³-hybridized carbons (Fsp3) is 0.385. The van der Waals surface area contributed by atoms with Gasteiger partial charge in [0.25, 0.3) is 0 Å². The first kappa shape index (κ1) is 12.0. The molecule has 0 aromatic heterocycles. The molecule has 0 amide bonds. The van der Waals surface area contributed by atoms with Crippen molar-refractivity contribution in [1.29, 1.82) is 0 Å². The summed E-state index contributed by atoms with van der Waals surface area (Å²) >= 11 is 4.26. The van der Waals surface area contributed by atoms with Crippen LogP contribution in [0, 0.1) is 12.3 Å². The van der Waals surface area contributed by atoms with Crippen LogP contribution in [0.5, 0.6) is 5.75 Å². The SMILES string of the molecule is C#CCC.Sc1ccc2c(c1)CCCO2.